The number of likely N-dealkylation sites (N-methyl/N-ethyl adjacent to an activating group) is 1. The first-order valence-electron chi connectivity index (χ1n) is 10.0. The van der Waals surface area contributed by atoms with Gasteiger partial charge in [0.1, 0.15) is 0 Å². The van der Waals surface area contributed by atoms with E-state index in [-0.39, 0.29) is 25.5 Å². The fourth-order valence-corrected chi connectivity index (χ4v) is 4.01. The smallest absolute Gasteiger partial charge is 0.328 e. The number of allylic oxidation sites excluding steroid dienone is 1. The molecule has 0 radical (unpaired) electrons. The molecular formula is C21H25N5O4. The Balaban J connectivity index is 1.55. The molecule has 158 valence electrons. The Labute approximate surface area is 175 Å². The van der Waals surface area contributed by atoms with Crippen molar-refractivity contribution in [3.63, 3.8) is 0 Å². The molecule has 0 aromatic heterocycles. The van der Waals surface area contributed by atoms with E-state index < -0.39 is 24.2 Å². The molecule has 30 heavy (non-hydrogen) atoms. The topological polar surface area (TPSA) is 85.8 Å². The van der Waals surface area contributed by atoms with Crippen molar-refractivity contribution in [3.8, 4) is 0 Å². The molecule has 9 nitrogen and oxygen atoms in total. The van der Waals surface area contributed by atoms with E-state index in [4.69, 9.17) is 9.73 Å². The molecule has 0 spiro atoms. The average Bonchev–Trinajstić information content (AvgIpc) is 3.23. The van der Waals surface area contributed by atoms with Gasteiger partial charge in [0.15, 0.2) is 12.2 Å². The number of hydrogen-bond donors (Lipinski definition) is 0. The predicted octanol–water partition coefficient (Wildman–Crippen LogP) is 1.58. The largest absolute Gasteiger partial charge is 0.466 e. The maximum absolute atomic E-state index is 13.2. The molecule has 1 aromatic carbocycles. The molecule has 2 unspecified atom stereocenters. The summed E-state index contributed by atoms with van der Waals surface area (Å²) < 4.78 is 4.92. The molecule has 4 rings (SSSR count). The van der Waals surface area contributed by atoms with Gasteiger partial charge in [-0.05, 0) is 19.4 Å². The van der Waals surface area contributed by atoms with Gasteiger partial charge in [-0.1, -0.05) is 30.3 Å². The number of benzene rings is 1. The third kappa shape index (κ3) is 3.30. The summed E-state index contributed by atoms with van der Waals surface area (Å²) >= 11 is 0. The maximum atomic E-state index is 13.2. The Hall–Kier alpha value is -3.36. The van der Waals surface area contributed by atoms with Crippen LogP contribution < -0.4 is 0 Å². The highest BCUT2D eigenvalue weighted by Crippen LogP contribution is 2.34. The Morgan fingerprint density at radius 2 is 1.90 bits per heavy atom. The van der Waals surface area contributed by atoms with Crippen LogP contribution in [0.1, 0.15) is 25.8 Å². The summed E-state index contributed by atoms with van der Waals surface area (Å²) in [5.41, 5.74) is 2.10. The predicted molar refractivity (Wildman–Crippen MR) is 109 cm³/mol. The number of amides is 3. The lowest BCUT2D eigenvalue weighted by molar-refractivity contribution is -0.144. The van der Waals surface area contributed by atoms with Crippen LogP contribution in [0.4, 0.5) is 4.79 Å². The zero-order valence-electron chi connectivity index (χ0n) is 17.3. The number of nitrogens with zero attached hydrogens (tertiary/aromatic N) is 5. The van der Waals surface area contributed by atoms with Gasteiger partial charge in [0.2, 0.25) is 5.96 Å². The molecule has 9 heteroatoms. The maximum Gasteiger partial charge on any atom is 0.328 e. The highest BCUT2D eigenvalue weighted by molar-refractivity contribution is 6.05. The molecule has 1 fully saturated rings. The molecule has 3 amide bonds. The van der Waals surface area contributed by atoms with Crippen LogP contribution in [0.3, 0.4) is 0 Å². The number of fused-ring (bicyclic) bond motifs is 3. The van der Waals surface area contributed by atoms with E-state index >= 15 is 0 Å². The Morgan fingerprint density at radius 3 is 2.60 bits per heavy atom. The number of ether oxygens (including phenoxy) is 1. The van der Waals surface area contributed by atoms with Crippen molar-refractivity contribution in [1.29, 1.82) is 0 Å². The normalized spacial score (nSPS) is 22.8. The summed E-state index contributed by atoms with van der Waals surface area (Å²) in [7, 11) is 1.63. The van der Waals surface area contributed by atoms with Gasteiger partial charge in [0.25, 0.3) is 5.91 Å². The minimum Gasteiger partial charge on any atom is -0.466 e. The minimum absolute atomic E-state index is 0.0103. The number of carbonyl (C=O) groups excluding carboxylic acids is 3. The van der Waals surface area contributed by atoms with Gasteiger partial charge in [0, 0.05) is 25.5 Å². The first-order chi connectivity index (χ1) is 14.4. The monoisotopic (exact) mass is 411 g/mol. The summed E-state index contributed by atoms with van der Waals surface area (Å²) in [6.45, 7) is 4.56. The Morgan fingerprint density at radius 1 is 1.17 bits per heavy atom. The van der Waals surface area contributed by atoms with Crippen LogP contribution in [-0.2, 0) is 20.9 Å². The van der Waals surface area contributed by atoms with Gasteiger partial charge in [-0.3, -0.25) is 14.5 Å². The number of rotatable bonds is 6. The third-order valence-corrected chi connectivity index (χ3v) is 5.53. The molecule has 3 heterocycles. The van der Waals surface area contributed by atoms with E-state index in [2.05, 4.69) is 0 Å². The lowest BCUT2D eigenvalue weighted by atomic mass is 10.1. The zero-order chi connectivity index (χ0) is 21.4. The van der Waals surface area contributed by atoms with E-state index in [1.54, 1.807) is 14.0 Å². The Kier molecular flexibility index (Phi) is 5.19. The van der Waals surface area contributed by atoms with E-state index in [1.807, 2.05) is 53.3 Å². The molecule has 3 aliphatic rings. The number of hydrogen-bond acceptors (Lipinski definition) is 7. The molecule has 0 saturated carbocycles. The second-order valence-electron chi connectivity index (χ2n) is 7.48. The summed E-state index contributed by atoms with van der Waals surface area (Å²) in [6, 6.07) is 8.92. The molecule has 0 N–H and O–H groups in total. The van der Waals surface area contributed by atoms with Crippen LogP contribution in [0.2, 0.25) is 0 Å². The Bertz CT molecular complexity index is 929. The quantitative estimate of drug-likeness (QED) is 0.661. The molecular weight excluding hydrogens is 386 g/mol. The first-order valence-corrected chi connectivity index (χ1v) is 10.0. The summed E-state index contributed by atoms with van der Waals surface area (Å²) in [5.74, 6) is -0.124. The standard InChI is InChI=1S/C21H25N5O4/c1-4-30-16(27)10-11-24-19(28)17-18(23(3)21(24)29)22-20-25(14(2)12-26(17)20)13-15-8-6-5-7-9-15/h5-9,12,17-18H,4,10-11,13H2,1-3H3. The van der Waals surface area contributed by atoms with E-state index in [0.29, 0.717) is 12.5 Å². The molecule has 1 aromatic rings. The van der Waals surface area contributed by atoms with Crippen molar-refractivity contribution in [1.82, 2.24) is 19.6 Å². The van der Waals surface area contributed by atoms with Crippen LogP contribution in [-0.4, -0.2) is 75.9 Å². The average molecular weight is 411 g/mol. The van der Waals surface area contributed by atoms with Crippen LogP contribution in [0.5, 0.6) is 0 Å². The number of imide groups is 1. The summed E-state index contributed by atoms with van der Waals surface area (Å²) in [4.78, 5) is 48.9. The van der Waals surface area contributed by atoms with Crippen molar-refractivity contribution < 1.29 is 19.1 Å². The first kappa shape index (κ1) is 19.9. The van der Waals surface area contributed by atoms with Crippen LogP contribution in [0.15, 0.2) is 47.2 Å². The van der Waals surface area contributed by atoms with Gasteiger partial charge in [-0.25, -0.2) is 9.79 Å². The molecule has 2 atom stereocenters. The van der Waals surface area contributed by atoms with Gasteiger partial charge >= 0.3 is 12.0 Å². The second-order valence-corrected chi connectivity index (χ2v) is 7.48. The van der Waals surface area contributed by atoms with Crippen molar-refractivity contribution in [3.05, 3.63) is 47.8 Å². The third-order valence-electron chi connectivity index (χ3n) is 5.53. The number of urea groups is 1. The van der Waals surface area contributed by atoms with Crippen LogP contribution >= 0.6 is 0 Å². The lowest BCUT2D eigenvalue weighted by Gasteiger charge is -2.40. The number of carbonyl (C=O) groups is 3. The van der Waals surface area contributed by atoms with Crippen molar-refractivity contribution in [2.75, 3.05) is 20.2 Å². The SMILES string of the molecule is CCOC(=O)CCN1C(=O)C2C(N=C3N(Cc4ccccc4)C(C)=CN32)N(C)C1=O. The van der Waals surface area contributed by atoms with E-state index in [9.17, 15) is 14.4 Å². The van der Waals surface area contributed by atoms with Gasteiger partial charge in [-0.2, -0.15) is 0 Å². The van der Waals surface area contributed by atoms with Crippen molar-refractivity contribution >= 4 is 23.9 Å². The van der Waals surface area contributed by atoms with Crippen LogP contribution in [0, 0.1) is 0 Å². The van der Waals surface area contributed by atoms with E-state index in [0.717, 1.165) is 16.2 Å². The number of esters is 1. The summed E-state index contributed by atoms with van der Waals surface area (Å²) in [6.07, 6.45) is 1.28. The second kappa shape index (κ2) is 7.81. The molecule has 3 aliphatic heterocycles. The minimum atomic E-state index is -0.638. The fourth-order valence-electron chi connectivity index (χ4n) is 4.01. The molecule has 0 aliphatic carbocycles. The van der Waals surface area contributed by atoms with Gasteiger partial charge in [-0.15, -0.1) is 0 Å². The fraction of sp³-hybridized carbons (Fsp3) is 0.429. The van der Waals surface area contributed by atoms with Crippen LogP contribution in [0.25, 0.3) is 0 Å². The summed E-state index contributed by atoms with van der Waals surface area (Å²) in [5, 5.41) is 0. The lowest BCUT2D eigenvalue weighted by Crippen LogP contribution is -2.64. The zero-order valence-corrected chi connectivity index (χ0v) is 17.3. The highest BCUT2D eigenvalue weighted by atomic mass is 16.5. The van der Waals surface area contributed by atoms with E-state index in [1.165, 1.54) is 4.90 Å². The van der Waals surface area contributed by atoms with Crippen molar-refractivity contribution in [2.24, 2.45) is 4.99 Å². The van der Waals surface area contributed by atoms with Gasteiger partial charge in [0.05, 0.1) is 19.6 Å². The molecule has 1 saturated heterocycles. The van der Waals surface area contributed by atoms with Crippen molar-refractivity contribution in [2.45, 2.75) is 39.0 Å². The number of aliphatic imine (C=N–C) groups is 1. The van der Waals surface area contributed by atoms with Gasteiger partial charge < -0.3 is 19.4 Å². The number of guanidine groups is 1. The molecule has 0 bridgehead atoms. The highest BCUT2D eigenvalue weighted by Gasteiger charge is 2.54.